The van der Waals surface area contributed by atoms with Gasteiger partial charge in [-0.15, -0.1) is 0 Å². The second-order valence-corrected chi connectivity index (χ2v) is 5.89. The lowest BCUT2D eigenvalue weighted by Gasteiger charge is -2.33. The molecule has 1 saturated heterocycles. The Labute approximate surface area is 136 Å². The molecule has 0 bridgehead atoms. The third-order valence-electron chi connectivity index (χ3n) is 4.20. The lowest BCUT2D eigenvalue weighted by molar-refractivity contribution is -0.0406. The molecule has 3 rings (SSSR count). The molecule has 1 atom stereocenters. The van der Waals surface area contributed by atoms with E-state index < -0.39 is 0 Å². The van der Waals surface area contributed by atoms with Gasteiger partial charge in [-0.1, -0.05) is 0 Å². The van der Waals surface area contributed by atoms with E-state index >= 15 is 0 Å². The second kappa shape index (κ2) is 7.06. The Morgan fingerprint density at radius 1 is 1.39 bits per heavy atom. The SMILES string of the molecule is COc1c(C)cnc(CN2CCOC(Cn3cncn3)C2)c1C. The summed E-state index contributed by atoms with van der Waals surface area (Å²) >= 11 is 0. The maximum atomic E-state index is 5.84. The van der Waals surface area contributed by atoms with Crippen LogP contribution in [0.1, 0.15) is 16.8 Å². The van der Waals surface area contributed by atoms with Gasteiger partial charge in [0.15, 0.2) is 0 Å². The highest BCUT2D eigenvalue weighted by atomic mass is 16.5. The van der Waals surface area contributed by atoms with E-state index in [1.165, 1.54) is 0 Å². The van der Waals surface area contributed by atoms with Crippen molar-refractivity contribution in [3.05, 3.63) is 35.7 Å². The molecule has 2 aromatic rings. The molecule has 7 heteroatoms. The average Bonchev–Trinajstić information content (AvgIpc) is 3.04. The zero-order chi connectivity index (χ0) is 16.2. The molecule has 0 spiro atoms. The zero-order valence-electron chi connectivity index (χ0n) is 13.9. The normalized spacial score (nSPS) is 19.0. The minimum atomic E-state index is 0.123. The smallest absolute Gasteiger partial charge is 0.137 e. The zero-order valence-corrected chi connectivity index (χ0v) is 13.9. The van der Waals surface area contributed by atoms with Crippen molar-refractivity contribution in [3.63, 3.8) is 0 Å². The van der Waals surface area contributed by atoms with E-state index in [0.29, 0.717) is 0 Å². The Morgan fingerprint density at radius 3 is 3.00 bits per heavy atom. The predicted octanol–water partition coefficient (Wildman–Crippen LogP) is 1.20. The number of pyridine rings is 1. The lowest BCUT2D eigenvalue weighted by Crippen LogP contribution is -2.44. The Kier molecular flexibility index (Phi) is 4.88. The largest absolute Gasteiger partial charge is 0.496 e. The molecule has 1 aliphatic rings. The van der Waals surface area contributed by atoms with Crippen LogP contribution in [0.5, 0.6) is 5.75 Å². The van der Waals surface area contributed by atoms with Crippen molar-refractivity contribution in [2.24, 2.45) is 0 Å². The third-order valence-corrected chi connectivity index (χ3v) is 4.20. The second-order valence-electron chi connectivity index (χ2n) is 5.89. The summed E-state index contributed by atoms with van der Waals surface area (Å²) in [5, 5.41) is 4.14. The minimum Gasteiger partial charge on any atom is -0.496 e. The van der Waals surface area contributed by atoms with Crippen molar-refractivity contribution in [2.45, 2.75) is 33.0 Å². The molecule has 124 valence electrons. The van der Waals surface area contributed by atoms with E-state index in [-0.39, 0.29) is 6.10 Å². The van der Waals surface area contributed by atoms with E-state index in [0.717, 1.165) is 55.4 Å². The average molecular weight is 317 g/mol. The first-order valence-electron chi connectivity index (χ1n) is 7.82. The molecule has 2 aromatic heterocycles. The maximum Gasteiger partial charge on any atom is 0.137 e. The van der Waals surface area contributed by atoms with Gasteiger partial charge < -0.3 is 9.47 Å². The van der Waals surface area contributed by atoms with Crippen molar-refractivity contribution < 1.29 is 9.47 Å². The Hall–Kier alpha value is -1.99. The molecule has 7 nitrogen and oxygen atoms in total. The quantitative estimate of drug-likeness (QED) is 0.825. The fourth-order valence-corrected chi connectivity index (χ4v) is 3.01. The Bertz CT molecular complexity index is 644. The van der Waals surface area contributed by atoms with E-state index in [4.69, 9.17) is 9.47 Å². The molecule has 1 fully saturated rings. The van der Waals surface area contributed by atoms with Gasteiger partial charge in [0, 0.05) is 37.0 Å². The van der Waals surface area contributed by atoms with Gasteiger partial charge in [0.25, 0.3) is 0 Å². The Balaban J connectivity index is 1.66. The van der Waals surface area contributed by atoms with Crippen LogP contribution in [-0.4, -0.2) is 57.6 Å². The van der Waals surface area contributed by atoms with Gasteiger partial charge in [-0.3, -0.25) is 14.6 Å². The van der Waals surface area contributed by atoms with E-state index in [2.05, 4.69) is 26.9 Å². The van der Waals surface area contributed by atoms with E-state index in [1.54, 1.807) is 19.8 Å². The molecule has 0 amide bonds. The molecule has 1 aliphatic heterocycles. The number of ether oxygens (including phenoxy) is 2. The number of hydrogen-bond donors (Lipinski definition) is 0. The molecule has 1 unspecified atom stereocenters. The first kappa shape index (κ1) is 15.9. The van der Waals surface area contributed by atoms with Gasteiger partial charge in [-0.25, -0.2) is 4.98 Å². The lowest BCUT2D eigenvalue weighted by atomic mass is 10.1. The highest BCUT2D eigenvalue weighted by Crippen LogP contribution is 2.25. The monoisotopic (exact) mass is 317 g/mol. The highest BCUT2D eigenvalue weighted by molar-refractivity contribution is 5.41. The van der Waals surface area contributed by atoms with Gasteiger partial charge in [-0.05, 0) is 13.8 Å². The van der Waals surface area contributed by atoms with Crippen LogP contribution in [0.2, 0.25) is 0 Å². The molecule has 23 heavy (non-hydrogen) atoms. The number of methoxy groups -OCH3 is 1. The molecule has 0 aliphatic carbocycles. The van der Waals surface area contributed by atoms with Crippen molar-refractivity contribution in [3.8, 4) is 5.75 Å². The van der Waals surface area contributed by atoms with Crippen molar-refractivity contribution in [1.29, 1.82) is 0 Å². The predicted molar refractivity (Wildman–Crippen MR) is 85.3 cm³/mol. The van der Waals surface area contributed by atoms with Crippen LogP contribution in [0.3, 0.4) is 0 Å². The van der Waals surface area contributed by atoms with Crippen LogP contribution in [0.15, 0.2) is 18.9 Å². The molecular weight excluding hydrogens is 294 g/mol. The number of aromatic nitrogens is 4. The van der Waals surface area contributed by atoms with E-state index in [9.17, 15) is 0 Å². The summed E-state index contributed by atoms with van der Waals surface area (Å²) in [5.74, 6) is 0.933. The van der Waals surface area contributed by atoms with Crippen molar-refractivity contribution in [1.82, 2.24) is 24.6 Å². The van der Waals surface area contributed by atoms with Gasteiger partial charge in [0.05, 0.1) is 32.1 Å². The molecule has 0 saturated carbocycles. The summed E-state index contributed by atoms with van der Waals surface area (Å²) in [7, 11) is 1.71. The van der Waals surface area contributed by atoms with Gasteiger partial charge in [0.2, 0.25) is 0 Å². The van der Waals surface area contributed by atoms with Crippen LogP contribution >= 0.6 is 0 Å². The first-order chi connectivity index (χ1) is 11.2. The number of hydrogen-bond acceptors (Lipinski definition) is 6. The molecule has 0 N–H and O–H groups in total. The summed E-state index contributed by atoms with van der Waals surface area (Å²) in [6.07, 6.45) is 5.28. The van der Waals surface area contributed by atoms with Crippen LogP contribution < -0.4 is 4.74 Å². The summed E-state index contributed by atoms with van der Waals surface area (Å²) < 4.78 is 13.1. The summed E-state index contributed by atoms with van der Waals surface area (Å²) in [5.41, 5.74) is 3.25. The molecule has 0 aromatic carbocycles. The molecular formula is C16H23N5O2. The topological polar surface area (TPSA) is 65.3 Å². The first-order valence-corrected chi connectivity index (χ1v) is 7.82. The summed E-state index contributed by atoms with van der Waals surface area (Å²) in [6.45, 7) is 8.11. The number of aryl methyl sites for hydroxylation is 1. The number of rotatable bonds is 5. The minimum absolute atomic E-state index is 0.123. The number of nitrogens with zero attached hydrogens (tertiary/aromatic N) is 5. The van der Waals surface area contributed by atoms with Gasteiger partial charge in [0.1, 0.15) is 18.4 Å². The standard InChI is InChI=1S/C16H23N5O2/c1-12-6-18-15(13(2)16(12)22-3)9-20-4-5-23-14(7-20)8-21-11-17-10-19-21/h6,10-11,14H,4-5,7-9H2,1-3H3. The fourth-order valence-electron chi connectivity index (χ4n) is 3.01. The molecule has 3 heterocycles. The van der Waals surface area contributed by atoms with E-state index in [1.807, 2.05) is 17.8 Å². The highest BCUT2D eigenvalue weighted by Gasteiger charge is 2.22. The van der Waals surface area contributed by atoms with Gasteiger partial charge >= 0.3 is 0 Å². The summed E-state index contributed by atoms with van der Waals surface area (Å²) in [6, 6.07) is 0. The Morgan fingerprint density at radius 2 is 2.26 bits per heavy atom. The maximum absolute atomic E-state index is 5.84. The van der Waals surface area contributed by atoms with Crippen LogP contribution in [-0.2, 0) is 17.8 Å². The van der Waals surface area contributed by atoms with Crippen molar-refractivity contribution >= 4 is 0 Å². The molecule has 0 radical (unpaired) electrons. The van der Waals surface area contributed by atoms with Crippen LogP contribution in [0, 0.1) is 13.8 Å². The van der Waals surface area contributed by atoms with Gasteiger partial charge in [-0.2, -0.15) is 5.10 Å². The summed E-state index contributed by atoms with van der Waals surface area (Å²) in [4.78, 5) is 10.9. The number of morpholine rings is 1. The third kappa shape index (κ3) is 3.68. The van der Waals surface area contributed by atoms with Crippen LogP contribution in [0.25, 0.3) is 0 Å². The fraction of sp³-hybridized carbons (Fsp3) is 0.562. The van der Waals surface area contributed by atoms with Crippen LogP contribution in [0.4, 0.5) is 0 Å². The van der Waals surface area contributed by atoms with Crippen molar-refractivity contribution in [2.75, 3.05) is 26.8 Å².